The van der Waals surface area contributed by atoms with Crippen molar-refractivity contribution in [2.75, 3.05) is 32.9 Å². The molecule has 4 aromatic carbocycles. The summed E-state index contributed by atoms with van der Waals surface area (Å²) < 4.78 is 41.8. The molecule has 0 saturated carbocycles. The highest BCUT2D eigenvalue weighted by Gasteiger charge is 2.26. The summed E-state index contributed by atoms with van der Waals surface area (Å²) in [6.45, 7) is 3.88. The van der Waals surface area contributed by atoms with Crippen LogP contribution in [0.25, 0.3) is 33.3 Å². The number of ether oxygens (including phenoxy) is 2. The molecule has 1 fully saturated rings. The number of aromatic carboxylic acids is 1. The van der Waals surface area contributed by atoms with Crippen molar-refractivity contribution in [2.24, 2.45) is 5.92 Å². The standard InChI is InChI=1S/C33H28ClF2N3O5/c34-26-10-9-24(13-25(26)32(41)42)44-33-37-28-14-27(35)29(30(36)31(28)38-33)23-7-5-22(6-8-23)21-3-1-19(2-4-21)15-39-16-20(17-39)18-43-12-11-40/h1-10,13-14,20,40H,11-12,15-18H2,(H,37,38)(H,41,42). The van der Waals surface area contributed by atoms with Gasteiger partial charge in [0.1, 0.15) is 17.1 Å². The van der Waals surface area contributed by atoms with Crippen LogP contribution in [-0.2, 0) is 11.3 Å². The zero-order valence-corrected chi connectivity index (χ0v) is 24.2. The van der Waals surface area contributed by atoms with Crippen LogP contribution in [0.1, 0.15) is 15.9 Å². The first kappa shape index (κ1) is 29.7. The Kier molecular flexibility index (Phi) is 8.58. The molecule has 1 aromatic heterocycles. The zero-order chi connectivity index (χ0) is 30.8. The number of fused-ring (bicyclic) bond motifs is 1. The van der Waals surface area contributed by atoms with Crippen LogP contribution in [0.15, 0.2) is 72.8 Å². The summed E-state index contributed by atoms with van der Waals surface area (Å²) in [4.78, 5) is 20.6. The average molecular weight is 620 g/mol. The number of aromatic amines is 1. The summed E-state index contributed by atoms with van der Waals surface area (Å²) >= 11 is 5.90. The predicted molar refractivity (Wildman–Crippen MR) is 162 cm³/mol. The molecule has 1 aliphatic rings. The summed E-state index contributed by atoms with van der Waals surface area (Å²) in [5, 5.41) is 18.1. The fraction of sp³-hybridized carbons (Fsp3) is 0.212. The highest BCUT2D eigenvalue weighted by atomic mass is 35.5. The third-order valence-electron chi connectivity index (χ3n) is 7.52. The number of hydrogen-bond acceptors (Lipinski definition) is 6. The van der Waals surface area contributed by atoms with Gasteiger partial charge in [0, 0.05) is 31.6 Å². The van der Waals surface area contributed by atoms with E-state index in [2.05, 4.69) is 27.0 Å². The summed E-state index contributed by atoms with van der Waals surface area (Å²) in [5.74, 6) is -2.23. The number of hydrogen-bond donors (Lipinski definition) is 3. The lowest BCUT2D eigenvalue weighted by Gasteiger charge is -2.39. The van der Waals surface area contributed by atoms with E-state index in [9.17, 15) is 9.90 Å². The molecule has 44 heavy (non-hydrogen) atoms. The lowest BCUT2D eigenvalue weighted by molar-refractivity contribution is 0.000500. The molecule has 1 saturated heterocycles. The third-order valence-corrected chi connectivity index (χ3v) is 7.85. The summed E-state index contributed by atoms with van der Waals surface area (Å²) in [7, 11) is 0. The van der Waals surface area contributed by atoms with Gasteiger partial charge < -0.3 is 24.7 Å². The van der Waals surface area contributed by atoms with Crippen LogP contribution < -0.4 is 4.74 Å². The Morgan fingerprint density at radius 2 is 1.68 bits per heavy atom. The fourth-order valence-corrected chi connectivity index (χ4v) is 5.53. The first-order valence-electron chi connectivity index (χ1n) is 14.0. The van der Waals surface area contributed by atoms with E-state index in [1.54, 1.807) is 12.1 Å². The van der Waals surface area contributed by atoms with Gasteiger partial charge in [-0.05, 0) is 40.5 Å². The molecule has 1 aliphatic heterocycles. The number of aliphatic hydroxyl groups is 1. The van der Waals surface area contributed by atoms with E-state index in [4.69, 9.17) is 26.2 Å². The lowest BCUT2D eigenvalue weighted by atomic mass is 9.97. The number of carboxylic acid groups (broad SMARTS) is 1. The number of benzene rings is 4. The molecule has 0 amide bonds. The third kappa shape index (κ3) is 6.29. The van der Waals surface area contributed by atoms with E-state index in [1.165, 1.54) is 23.8 Å². The Labute approximate surface area is 256 Å². The van der Waals surface area contributed by atoms with Crippen LogP contribution in [0.3, 0.4) is 0 Å². The minimum absolute atomic E-state index is 0.0359. The monoisotopic (exact) mass is 619 g/mol. The maximum Gasteiger partial charge on any atom is 0.337 e. The molecule has 5 aromatic rings. The van der Waals surface area contributed by atoms with Crippen molar-refractivity contribution in [1.82, 2.24) is 14.9 Å². The molecule has 6 rings (SSSR count). The number of nitrogens with zero attached hydrogens (tertiary/aromatic N) is 2. The normalized spacial score (nSPS) is 13.7. The number of halogens is 3. The maximum absolute atomic E-state index is 15.6. The van der Waals surface area contributed by atoms with Crippen molar-refractivity contribution in [3.05, 3.63) is 101 Å². The first-order chi connectivity index (χ1) is 21.3. The van der Waals surface area contributed by atoms with Crippen molar-refractivity contribution in [3.8, 4) is 34.0 Å². The van der Waals surface area contributed by atoms with Crippen LogP contribution in [0.4, 0.5) is 8.78 Å². The molecular formula is C33H28ClF2N3O5. The second-order valence-corrected chi connectivity index (χ2v) is 11.1. The largest absolute Gasteiger partial charge is 0.478 e. The highest BCUT2D eigenvalue weighted by molar-refractivity contribution is 6.33. The van der Waals surface area contributed by atoms with Crippen LogP contribution in [0, 0.1) is 17.6 Å². The zero-order valence-electron chi connectivity index (χ0n) is 23.4. The molecule has 11 heteroatoms. The van der Waals surface area contributed by atoms with Gasteiger partial charge in [0.25, 0.3) is 6.01 Å². The first-order valence-corrected chi connectivity index (χ1v) is 14.4. The number of carboxylic acids is 1. The smallest absolute Gasteiger partial charge is 0.337 e. The van der Waals surface area contributed by atoms with E-state index in [-0.39, 0.29) is 45.5 Å². The van der Waals surface area contributed by atoms with Crippen molar-refractivity contribution >= 4 is 28.6 Å². The van der Waals surface area contributed by atoms with E-state index < -0.39 is 17.6 Å². The Bertz CT molecular complexity index is 1810. The van der Waals surface area contributed by atoms with Crippen molar-refractivity contribution in [2.45, 2.75) is 6.54 Å². The topological polar surface area (TPSA) is 108 Å². The number of carbonyl (C=O) groups is 1. The summed E-state index contributed by atoms with van der Waals surface area (Å²) in [6, 6.07) is 20.2. The van der Waals surface area contributed by atoms with Crippen molar-refractivity contribution < 1.29 is 33.3 Å². The highest BCUT2D eigenvalue weighted by Crippen LogP contribution is 2.34. The van der Waals surface area contributed by atoms with Gasteiger partial charge >= 0.3 is 5.97 Å². The van der Waals surface area contributed by atoms with E-state index in [1.807, 2.05) is 24.3 Å². The van der Waals surface area contributed by atoms with E-state index in [0.717, 1.165) is 36.8 Å². The quantitative estimate of drug-likeness (QED) is 0.140. The lowest BCUT2D eigenvalue weighted by Crippen LogP contribution is -2.48. The minimum atomic E-state index is -1.23. The molecular weight excluding hydrogens is 592 g/mol. The van der Waals surface area contributed by atoms with Gasteiger partial charge in [-0.3, -0.25) is 4.90 Å². The molecule has 3 N–H and O–H groups in total. The SMILES string of the molecule is O=C(O)c1cc(Oc2nc3c(F)c(-c4ccc(-c5ccc(CN6CC(COCCO)C6)cc5)cc4)c(F)cc3[nH]2)ccc1Cl. The number of aromatic nitrogens is 2. The van der Waals surface area contributed by atoms with E-state index in [0.29, 0.717) is 24.7 Å². The molecule has 8 nitrogen and oxygen atoms in total. The van der Waals surface area contributed by atoms with Gasteiger partial charge in [0.15, 0.2) is 5.82 Å². The molecule has 0 radical (unpaired) electrons. The number of aliphatic hydroxyl groups excluding tert-OH is 1. The van der Waals surface area contributed by atoms with Gasteiger partial charge in [0.2, 0.25) is 0 Å². The van der Waals surface area contributed by atoms with Gasteiger partial charge in [0.05, 0.1) is 41.5 Å². The number of likely N-dealkylation sites (tertiary alicyclic amines) is 1. The number of nitrogens with one attached hydrogen (secondary N) is 1. The molecule has 226 valence electrons. The molecule has 0 spiro atoms. The Balaban J connectivity index is 1.15. The Morgan fingerprint density at radius 3 is 2.36 bits per heavy atom. The predicted octanol–water partition coefficient (Wildman–Crippen LogP) is 6.76. The molecule has 2 heterocycles. The second kappa shape index (κ2) is 12.7. The van der Waals surface area contributed by atoms with E-state index >= 15 is 8.78 Å². The van der Waals surface area contributed by atoms with Crippen molar-refractivity contribution in [3.63, 3.8) is 0 Å². The van der Waals surface area contributed by atoms with Gasteiger partial charge in [-0.15, -0.1) is 0 Å². The number of imidazole rings is 1. The van der Waals surface area contributed by atoms with Crippen molar-refractivity contribution in [1.29, 1.82) is 0 Å². The molecule has 0 bridgehead atoms. The summed E-state index contributed by atoms with van der Waals surface area (Å²) in [5.41, 5.74) is 3.03. The second-order valence-electron chi connectivity index (χ2n) is 10.7. The van der Waals surface area contributed by atoms with Crippen LogP contribution in [0.2, 0.25) is 5.02 Å². The number of H-pyrrole nitrogens is 1. The van der Waals surface area contributed by atoms with Gasteiger partial charge in [-0.1, -0.05) is 60.1 Å². The van der Waals surface area contributed by atoms with Crippen LogP contribution >= 0.6 is 11.6 Å². The molecule has 0 unspecified atom stereocenters. The Hall–Kier alpha value is -4.35. The minimum Gasteiger partial charge on any atom is -0.478 e. The average Bonchev–Trinajstić information content (AvgIpc) is 3.40. The van der Waals surface area contributed by atoms with Gasteiger partial charge in [-0.2, -0.15) is 4.98 Å². The molecule has 0 aliphatic carbocycles. The maximum atomic E-state index is 15.6. The fourth-order valence-electron chi connectivity index (χ4n) is 5.33. The summed E-state index contributed by atoms with van der Waals surface area (Å²) in [6.07, 6.45) is 0. The van der Waals surface area contributed by atoms with Gasteiger partial charge in [-0.25, -0.2) is 13.6 Å². The number of rotatable bonds is 11. The van der Waals surface area contributed by atoms with Crippen LogP contribution in [0.5, 0.6) is 11.8 Å². The Morgan fingerprint density at radius 1 is 1.00 bits per heavy atom. The molecule has 0 atom stereocenters. The van der Waals surface area contributed by atoms with Crippen LogP contribution in [-0.4, -0.2) is 64.0 Å².